The number of nitrogens with zero attached hydrogens (tertiary/aromatic N) is 2. The Morgan fingerprint density at radius 3 is 2.68 bits per heavy atom. The first kappa shape index (κ1) is 15.5. The summed E-state index contributed by atoms with van der Waals surface area (Å²) in [6.45, 7) is 1.42. The highest BCUT2D eigenvalue weighted by atomic mass is 32.2. The van der Waals surface area contributed by atoms with E-state index in [1.165, 1.54) is 13.3 Å². The van der Waals surface area contributed by atoms with Gasteiger partial charge in [0.1, 0.15) is 11.8 Å². The average Bonchev–Trinajstić information content (AvgIpc) is 3.04. The Hall–Kier alpha value is -1.38. The lowest BCUT2D eigenvalue weighted by Crippen LogP contribution is -2.58. The second-order valence-electron chi connectivity index (χ2n) is 5.84. The molecule has 0 aliphatic carbocycles. The molecule has 2 saturated heterocycles. The molecule has 3 heterocycles. The number of rotatable bonds is 2. The molecule has 7 nitrogen and oxygen atoms in total. The maximum absolute atomic E-state index is 12.7. The van der Waals surface area contributed by atoms with E-state index in [9.17, 15) is 13.2 Å². The van der Waals surface area contributed by atoms with E-state index >= 15 is 0 Å². The van der Waals surface area contributed by atoms with Gasteiger partial charge in [-0.1, -0.05) is 0 Å². The van der Waals surface area contributed by atoms with Gasteiger partial charge in [-0.05, 0) is 37.8 Å². The van der Waals surface area contributed by atoms with E-state index < -0.39 is 22.3 Å². The summed E-state index contributed by atoms with van der Waals surface area (Å²) in [7, 11) is -2.24. The second kappa shape index (κ2) is 6.02. The van der Waals surface area contributed by atoms with Crippen molar-refractivity contribution in [2.45, 2.75) is 37.8 Å². The lowest BCUT2D eigenvalue weighted by molar-refractivity contribution is -0.136. The van der Waals surface area contributed by atoms with Crippen LogP contribution in [0.2, 0.25) is 0 Å². The van der Waals surface area contributed by atoms with E-state index in [1.807, 2.05) is 0 Å². The minimum atomic E-state index is -3.69. The molecule has 1 aromatic rings. The van der Waals surface area contributed by atoms with Gasteiger partial charge in [0.05, 0.1) is 12.3 Å². The van der Waals surface area contributed by atoms with Crippen LogP contribution in [0.5, 0.6) is 0 Å². The standard InChI is InChI=1S/C14H21N3O4S/c1-16-12(14(18)17-7-3-2-4-8-17)10-11(15-22(16,19)20)13-6-5-9-21-13/h5-6,9,11-12,15H,2-4,7-8,10H2,1H3/t11-,12+/m0/s1. The molecular formula is C14H21N3O4S. The van der Waals surface area contributed by atoms with Crippen LogP contribution in [0.15, 0.2) is 22.8 Å². The van der Waals surface area contributed by atoms with Gasteiger partial charge in [0, 0.05) is 20.1 Å². The van der Waals surface area contributed by atoms with Crippen molar-refractivity contribution in [3.63, 3.8) is 0 Å². The maximum Gasteiger partial charge on any atom is 0.280 e. The minimum Gasteiger partial charge on any atom is -0.468 e. The number of carbonyl (C=O) groups excluding carboxylic acids is 1. The third-order valence-corrected chi connectivity index (χ3v) is 6.00. The fourth-order valence-corrected chi connectivity index (χ4v) is 4.34. The molecule has 1 N–H and O–H groups in total. The van der Waals surface area contributed by atoms with Crippen LogP contribution in [0.3, 0.4) is 0 Å². The highest BCUT2D eigenvalue weighted by Crippen LogP contribution is 2.29. The Morgan fingerprint density at radius 1 is 1.32 bits per heavy atom. The van der Waals surface area contributed by atoms with Gasteiger partial charge in [0.15, 0.2) is 0 Å². The van der Waals surface area contributed by atoms with Crippen molar-refractivity contribution in [1.29, 1.82) is 0 Å². The molecule has 3 rings (SSSR count). The van der Waals surface area contributed by atoms with Crippen LogP contribution >= 0.6 is 0 Å². The number of amides is 1. The summed E-state index contributed by atoms with van der Waals surface area (Å²) in [5.41, 5.74) is 0. The third-order valence-electron chi connectivity index (χ3n) is 4.41. The molecule has 0 unspecified atom stereocenters. The summed E-state index contributed by atoms with van der Waals surface area (Å²) in [6, 6.07) is 2.25. The third kappa shape index (κ3) is 2.90. The average molecular weight is 327 g/mol. The molecule has 1 aromatic heterocycles. The van der Waals surface area contributed by atoms with Crippen LogP contribution in [0, 0.1) is 0 Å². The molecule has 0 saturated carbocycles. The molecule has 2 atom stereocenters. The van der Waals surface area contributed by atoms with Gasteiger partial charge in [0.25, 0.3) is 10.2 Å². The van der Waals surface area contributed by atoms with Crippen molar-refractivity contribution < 1.29 is 17.6 Å². The molecule has 0 aromatic carbocycles. The number of hydrogen-bond acceptors (Lipinski definition) is 4. The number of hydrogen-bond donors (Lipinski definition) is 1. The zero-order valence-electron chi connectivity index (χ0n) is 12.6. The SMILES string of the molecule is CN1[C@@H](C(=O)N2CCCCC2)C[C@@H](c2ccco2)NS1(=O)=O. The normalized spacial score (nSPS) is 29.4. The molecule has 0 bridgehead atoms. The first-order chi connectivity index (χ1) is 10.5. The maximum atomic E-state index is 12.7. The number of likely N-dealkylation sites (N-methyl/N-ethyl adjacent to an activating group) is 1. The summed E-state index contributed by atoms with van der Waals surface area (Å²) in [4.78, 5) is 14.5. The summed E-state index contributed by atoms with van der Waals surface area (Å²) in [6.07, 6.45) is 4.96. The molecule has 122 valence electrons. The first-order valence-corrected chi connectivity index (χ1v) is 9.00. The van der Waals surface area contributed by atoms with Crippen molar-refractivity contribution >= 4 is 16.1 Å². The molecule has 22 heavy (non-hydrogen) atoms. The molecule has 2 aliphatic heterocycles. The van der Waals surface area contributed by atoms with Crippen molar-refractivity contribution in [3.05, 3.63) is 24.2 Å². The predicted octanol–water partition coefficient (Wildman–Crippen LogP) is 0.872. The number of furan rings is 1. The minimum absolute atomic E-state index is 0.108. The smallest absolute Gasteiger partial charge is 0.280 e. The van der Waals surface area contributed by atoms with Crippen LogP contribution in [-0.2, 0) is 15.0 Å². The second-order valence-corrected chi connectivity index (χ2v) is 7.61. The fraction of sp³-hybridized carbons (Fsp3) is 0.643. The molecule has 1 amide bonds. The predicted molar refractivity (Wildman–Crippen MR) is 80.1 cm³/mol. The Bertz CT molecular complexity index is 623. The Morgan fingerprint density at radius 2 is 2.05 bits per heavy atom. The molecular weight excluding hydrogens is 306 g/mol. The van der Waals surface area contributed by atoms with Crippen molar-refractivity contribution in [3.8, 4) is 0 Å². The van der Waals surface area contributed by atoms with E-state index in [0.717, 1.165) is 23.6 Å². The van der Waals surface area contributed by atoms with Crippen LogP contribution in [0.4, 0.5) is 0 Å². The Balaban J connectivity index is 1.83. The number of nitrogens with one attached hydrogen (secondary N) is 1. The summed E-state index contributed by atoms with van der Waals surface area (Å²) in [5.74, 6) is 0.428. The van der Waals surface area contributed by atoms with Crippen LogP contribution in [-0.4, -0.2) is 49.7 Å². The van der Waals surface area contributed by atoms with E-state index in [0.29, 0.717) is 25.3 Å². The number of likely N-dealkylation sites (tertiary alicyclic amines) is 1. The van der Waals surface area contributed by atoms with Gasteiger partial charge in [-0.25, -0.2) is 0 Å². The lowest BCUT2D eigenvalue weighted by atomic mass is 10.0. The largest absolute Gasteiger partial charge is 0.468 e. The fourth-order valence-electron chi connectivity index (χ4n) is 3.10. The van der Waals surface area contributed by atoms with Crippen molar-refractivity contribution in [2.75, 3.05) is 20.1 Å². The van der Waals surface area contributed by atoms with Crippen LogP contribution in [0.25, 0.3) is 0 Å². The van der Waals surface area contributed by atoms with E-state index in [2.05, 4.69) is 4.72 Å². The quantitative estimate of drug-likeness (QED) is 0.874. The van der Waals surface area contributed by atoms with Crippen LogP contribution in [0.1, 0.15) is 37.5 Å². The molecule has 2 aliphatic rings. The van der Waals surface area contributed by atoms with Gasteiger partial charge in [-0.2, -0.15) is 17.4 Å². The Kier molecular flexibility index (Phi) is 4.24. The van der Waals surface area contributed by atoms with Crippen LogP contribution < -0.4 is 4.72 Å². The highest BCUT2D eigenvalue weighted by molar-refractivity contribution is 7.87. The van der Waals surface area contributed by atoms with Crippen molar-refractivity contribution in [1.82, 2.24) is 13.9 Å². The van der Waals surface area contributed by atoms with Gasteiger partial charge < -0.3 is 9.32 Å². The zero-order valence-corrected chi connectivity index (χ0v) is 13.4. The number of piperidine rings is 1. The topological polar surface area (TPSA) is 82.9 Å². The Labute approximate surface area is 130 Å². The van der Waals surface area contributed by atoms with Gasteiger partial charge in [-0.15, -0.1) is 0 Å². The molecule has 0 spiro atoms. The number of carbonyl (C=O) groups is 1. The van der Waals surface area contributed by atoms with Gasteiger partial charge >= 0.3 is 0 Å². The van der Waals surface area contributed by atoms with Crippen molar-refractivity contribution in [2.24, 2.45) is 0 Å². The summed E-state index contributed by atoms with van der Waals surface area (Å²) in [5, 5.41) is 0. The summed E-state index contributed by atoms with van der Waals surface area (Å²) >= 11 is 0. The summed E-state index contributed by atoms with van der Waals surface area (Å²) < 4.78 is 33.6. The molecule has 8 heteroatoms. The monoisotopic (exact) mass is 327 g/mol. The van der Waals surface area contributed by atoms with E-state index in [4.69, 9.17) is 4.42 Å². The lowest BCUT2D eigenvalue weighted by Gasteiger charge is -2.38. The molecule has 0 radical (unpaired) electrons. The zero-order chi connectivity index (χ0) is 15.7. The highest BCUT2D eigenvalue weighted by Gasteiger charge is 2.42. The van der Waals surface area contributed by atoms with E-state index in [1.54, 1.807) is 17.0 Å². The molecule has 2 fully saturated rings. The van der Waals surface area contributed by atoms with Gasteiger partial charge in [-0.3, -0.25) is 4.79 Å². The van der Waals surface area contributed by atoms with Gasteiger partial charge in [0.2, 0.25) is 5.91 Å². The first-order valence-electron chi connectivity index (χ1n) is 7.56. The van der Waals surface area contributed by atoms with E-state index in [-0.39, 0.29) is 5.91 Å².